The number of piperidine rings is 1. The van der Waals surface area contributed by atoms with Gasteiger partial charge in [-0.05, 0) is 57.7 Å². The molecule has 0 atom stereocenters. The smallest absolute Gasteiger partial charge is 0.134 e. The second-order valence-corrected chi connectivity index (χ2v) is 5.64. The molecule has 0 unspecified atom stereocenters. The first kappa shape index (κ1) is 13.7. The molecule has 3 nitrogen and oxygen atoms in total. The fraction of sp³-hybridized carbons (Fsp3) is 0.571. The van der Waals surface area contributed by atoms with Gasteiger partial charge in [0.15, 0.2) is 0 Å². The summed E-state index contributed by atoms with van der Waals surface area (Å²) in [7, 11) is 4.34. The lowest BCUT2D eigenvalue weighted by atomic mass is 10.0. The number of halogens is 1. The van der Waals surface area contributed by atoms with Gasteiger partial charge >= 0.3 is 0 Å². The minimum Gasteiger partial charge on any atom is -0.506 e. The van der Waals surface area contributed by atoms with Gasteiger partial charge in [0, 0.05) is 12.6 Å². The lowest BCUT2D eigenvalue weighted by molar-refractivity contribution is 0.139. The molecule has 1 heterocycles. The zero-order valence-electron chi connectivity index (χ0n) is 11.1. The molecule has 0 radical (unpaired) electrons. The van der Waals surface area contributed by atoms with Crippen LogP contribution in [0.3, 0.4) is 0 Å². The molecule has 0 amide bonds. The van der Waals surface area contributed by atoms with Crippen LogP contribution in [0.2, 0.25) is 5.02 Å². The van der Waals surface area contributed by atoms with E-state index in [-0.39, 0.29) is 5.75 Å². The number of aromatic hydroxyl groups is 1. The molecule has 1 aromatic rings. The highest BCUT2D eigenvalue weighted by Crippen LogP contribution is 2.25. The van der Waals surface area contributed by atoms with Crippen LogP contribution in [0.5, 0.6) is 5.75 Å². The SMILES string of the molecule is CN1CCC(N(C)Cc2ccc(O)c(Cl)c2)CC1. The van der Waals surface area contributed by atoms with Gasteiger partial charge in [-0.25, -0.2) is 0 Å². The maximum atomic E-state index is 9.40. The van der Waals surface area contributed by atoms with E-state index < -0.39 is 0 Å². The van der Waals surface area contributed by atoms with Crippen LogP contribution in [-0.4, -0.2) is 48.1 Å². The predicted molar refractivity (Wildman–Crippen MR) is 75.1 cm³/mol. The summed E-state index contributed by atoms with van der Waals surface area (Å²) in [5, 5.41) is 9.84. The highest BCUT2D eigenvalue weighted by atomic mass is 35.5. The van der Waals surface area contributed by atoms with Crippen LogP contribution in [0, 0.1) is 0 Å². The number of benzene rings is 1. The molecule has 18 heavy (non-hydrogen) atoms. The standard InChI is InChI=1S/C14H21ClN2O/c1-16-7-5-12(6-8-16)17(2)10-11-3-4-14(18)13(15)9-11/h3-4,9,12,18H,5-8,10H2,1-2H3. The molecular weight excluding hydrogens is 248 g/mol. The number of phenols is 1. The van der Waals surface area contributed by atoms with Gasteiger partial charge in [0.2, 0.25) is 0 Å². The van der Waals surface area contributed by atoms with Crippen LogP contribution >= 0.6 is 11.6 Å². The molecule has 1 N–H and O–H groups in total. The first-order chi connectivity index (χ1) is 8.56. The number of rotatable bonds is 3. The molecule has 0 saturated carbocycles. The number of hydrogen-bond donors (Lipinski definition) is 1. The van der Waals surface area contributed by atoms with Crippen LogP contribution in [0.15, 0.2) is 18.2 Å². The van der Waals surface area contributed by atoms with Crippen LogP contribution in [-0.2, 0) is 6.54 Å². The largest absolute Gasteiger partial charge is 0.506 e. The van der Waals surface area contributed by atoms with E-state index in [1.807, 2.05) is 12.1 Å². The van der Waals surface area contributed by atoms with Crippen molar-refractivity contribution in [1.82, 2.24) is 9.80 Å². The number of hydrogen-bond acceptors (Lipinski definition) is 3. The molecule has 1 aromatic carbocycles. The third-order valence-electron chi connectivity index (χ3n) is 3.76. The maximum absolute atomic E-state index is 9.40. The van der Waals surface area contributed by atoms with Gasteiger partial charge in [0.05, 0.1) is 5.02 Å². The predicted octanol–water partition coefficient (Wildman–Crippen LogP) is 2.57. The number of phenolic OH excluding ortho intramolecular Hbond substituents is 1. The fourth-order valence-corrected chi connectivity index (χ4v) is 2.70. The zero-order chi connectivity index (χ0) is 13.1. The zero-order valence-corrected chi connectivity index (χ0v) is 11.8. The highest BCUT2D eigenvalue weighted by Gasteiger charge is 2.20. The summed E-state index contributed by atoms with van der Waals surface area (Å²) in [6.07, 6.45) is 2.44. The van der Waals surface area contributed by atoms with Crippen molar-refractivity contribution >= 4 is 11.6 Å². The highest BCUT2D eigenvalue weighted by molar-refractivity contribution is 6.32. The van der Waals surface area contributed by atoms with Gasteiger partial charge in [-0.3, -0.25) is 4.90 Å². The molecule has 1 fully saturated rings. The molecule has 0 spiro atoms. The monoisotopic (exact) mass is 268 g/mol. The van der Waals surface area contributed by atoms with Crippen molar-refractivity contribution in [3.63, 3.8) is 0 Å². The molecule has 2 rings (SSSR count). The van der Waals surface area contributed by atoms with E-state index in [0.717, 1.165) is 12.1 Å². The van der Waals surface area contributed by atoms with Crippen LogP contribution in [0.4, 0.5) is 0 Å². The third kappa shape index (κ3) is 3.37. The molecule has 4 heteroatoms. The molecule has 1 aliphatic rings. The van der Waals surface area contributed by atoms with Gasteiger partial charge in [0.25, 0.3) is 0 Å². The Kier molecular flexibility index (Phi) is 4.49. The lowest BCUT2D eigenvalue weighted by Crippen LogP contribution is -2.41. The molecular formula is C14H21ClN2O. The Balaban J connectivity index is 1.94. The molecule has 0 aromatic heterocycles. The summed E-state index contributed by atoms with van der Waals surface area (Å²) >= 11 is 5.93. The lowest BCUT2D eigenvalue weighted by Gasteiger charge is -2.35. The average Bonchev–Trinajstić information content (AvgIpc) is 2.34. The first-order valence-electron chi connectivity index (χ1n) is 6.42. The summed E-state index contributed by atoms with van der Waals surface area (Å²) in [4.78, 5) is 4.76. The van der Waals surface area contributed by atoms with Crippen LogP contribution in [0.1, 0.15) is 18.4 Å². The second-order valence-electron chi connectivity index (χ2n) is 5.24. The van der Waals surface area contributed by atoms with Crippen molar-refractivity contribution in [2.75, 3.05) is 27.2 Å². The van der Waals surface area contributed by atoms with Gasteiger partial charge in [-0.1, -0.05) is 17.7 Å². The quantitative estimate of drug-likeness (QED) is 0.913. The molecule has 0 aliphatic carbocycles. The van der Waals surface area contributed by atoms with Gasteiger partial charge in [-0.15, -0.1) is 0 Å². The van der Waals surface area contributed by atoms with Crippen molar-refractivity contribution in [3.8, 4) is 5.75 Å². The van der Waals surface area contributed by atoms with E-state index in [1.54, 1.807) is 6.07 Å². The van der Waals surface area contributed by atoms with E-state index in [4.69, 9.17) is 11.6 Å². The van der Waals surface area contributed by atoms with Crippen molar-refractivity contribution in [3.05, 3.63) is 28.8 Å². The topological polar surface area (TPSA) is 26.7 Å². The maximum Gasteiger partial charge on any atom is 0.134 e. The van der Waals surface area contributed by atoms with E-state index in [2.05, 4.69) is 23.9 Å². The molecule has 100 valence electrons. The normalized spacial score (nSPS) is 18.4. The average molecular weight is 269 g/mol. The van der Waals surface area contributed by atoms with E-state index in [1.165, 1.54) is 25.9 Å². The van der Waals surface area contributed by atoms with E-state index in [9.17, 15) is 5.11 Å². The van der Waals surface area contributed by atoms with Crippen LogP contribution < -0.4 is 0 Å². The minimum absolute atomic E-state index is 0.155. The van der Waals surface area contributed by atoms with Crippen molar-refractivity contribution < 1.29 is 5.11 Å². The number of nitrogens with zero attached hydrogens (tertiary/aromatic N) is 2. The minimum atomic E-state index is 0.155. The summed E-state index contributed by atoms with van der Waals surface area (Å²) in [5.41, 5.74) is 1.15. The number of likely N-dealkylation sites (tertiary alicyclic amines) is 1. The first-order valence-corrected chi connectivity index (χ1v) is 6.80. The Labute approximate surface area is 114 Å². The Morgan fingerprint density at radius 3 is 2.67 bits per heavy atom. The van der Waals surface area contributed by atoms with Crippen molar-refractivity contribution in [1.29, 1.82) is 0 Å². The summed E-state index contributed by atoms with van der Waals surface area (Å²) < 4.78 is 0. The Hall–Kier alpha value is -0.770. The van der Waals surface area contributed by atoms with E-state index >= 15 is 0 Å². The van der Waals surface area contributed by atoms with Crippen molar-refractivity contribution in [2.45, 2.75) is 25.4 Å². The summed E-state index contributed by atoms with van der Waals surface area (Å²) in [5.74, 6) is 0.155. The molecule has 1 aliphatic heterocycles. The molecule has 1 saturated heterocycles. The fourth-order valence-electron chi connectivity index (χ4n) is 2.50. The van der Waals surface area contributed by atoms with Gasteiger partial charge < -0.3 is 10.0 Å². The van der Waals surface area contributed by atoms with E-state index in [0.29, 0.717) is 11.1 Å². The Bertz CT molecular complexity index is 403. The molecule has 0 bridgehead atoms. The summed E-state index contributed by atoms with van der Waals surface area (Å²) in [6.45, 7) is 3.23. The van der Waals surface area contributed by atoms with Gasteiger partial charge in [0.1, 0.15) is 5.75 Å². The Morgan fingerprint density at radius 2 is 2.06 bits per heavy atom. The Morgan fingerprint density at radius 1 is 1.39 bits per heavy atom. The van der Waals surface area contributed by atoms with Gasteiger partial charge in [-0.2, -0.15) is 0 Å². The van der Waals surface area contributed by atoms with Crippen LogP contribution in [0.25, 0.3) is 0 Å². The summed E-state index contributed by atoms with van der Waals surface area (Å²) in [6, 6.07) is 6.10. The second kappa shape index (κ2) is 5.91. The van der Waals surface area contributed by atoms with Crippen molar-refractivity contribution in [2.24, 2.45) is 0 Å². The third-order valence-corrected chi connectivity index (χ3v) is 4.06.